The van der Waals surface area contributed by atoms with Crippen molar-refractivity contribution in [1.29, 1.82) is 0 Å². The number of thiophene rings is 1. The summed E-state index contributed by atoms with van der Waals surface area (Å²) in [6.07, 6.45) is 7.69. The molecular weight excluding hydrogens is 252 g/mol. The molecule has 4 saturated carbocycles. The zero-order valence-electron chi connectivity index (χ0n) is 12.0. The van der Waals surface area contributed by atoms with Crippen molar-refractivity contribution in [2.75, 3.05) is 0 Å². The molecule has 104 valence electrons. The van der Waals surface area contributed by atoms with Gasteiger partial charge in [-0.1, -0.05) is 13.8 Å². The van der Waals surface area contributed by atoms with E-state index < -0.39 is 0 Å². The van der Waals surface area contributed by atoms with Crippen molar-refractivity contribution in [1.82, 2.24) is 0 Å². The molecule has 1 aromatic heterocycles. The topological polar surface area (TPSA) is 20.2 Å². The molecule has 1 heterocycles. The molecule has 0 spiro atoms. The number of rotatable bonds is 2. The minimum atomic E-state index is -0.235. The van der Waals surface area contributed by atoms with Crippen LogP contribution in [-0.4, -0.2) is 5.11 Å². The van der Waals surface area contributed by atoms with Crippen LogP contribution in [0.15, 0.2) is 16.8 Å². The zero-order valence-corrected chi connectivity index (χ0v) is 12.8. The van der Waals surface area contributed by atoms with Crippen molar-refractivity contribution in [2.24, 2.45) is 22.2 Å². The molecule has 0 saturated heterocycles. The highest BCUT2D eigenvalue weighted by Crippen LogP contribution is 2.72. The highest BCUT2D eigenvalue weighted by Gasteiger charge is 2.62. The Hall–Kier alpha value is -0.340. The maximum absolute atomic E-state index is 11.0. The second kappa shape index (κ2) is 3.65. The van der Waals surface area contributed by atoms with Crippen LogP contribution in [0.2, 0.25) is 0 Å². The maximum Gasteiger partial charge on any atom is 0.0854 e. The number of aliphatic hydroxyl groups excluding tert-OH is 1. The van der Waals surface area contributed by atoms with Crippen molar-refractivity contribution in [3.05, 3.63) is 22.4 Å². The molecule has 19 heavy (non-hydrogen) atoms. The second-order valence-electron chi connectivity index (χ2n) is 8.45. The third-order valence-corrected chi connectivity index (χ3v) is 6.81. The van der Waals surface area contributed by atoms with E-state index in [0.717, 1.165) is 5.92 Å². The molecule has 4 aliphatic rings. The van der Waals surface area contributed by atoms with E-state index in [4.69, 9.17) is 0 Å². The van der Waals surface area contributed by atoms with E-state index in [1.54, 1.807) is 11.3 Å². The van der Waals surface area contributed by atoms with Crippen molar-refractivity contribution >= 4 is 11.3 Å². The molecule has 4 fully saturated rings. The van der Waals surface area contributed by atoms with E-state index in [9.17, 15) is 5.11 Å². The molecule has 1 aromatic rings. The van der Waals surface area contributed by atoms with Crippen LogP contribution in [-0.2, 0) is 0 Å². The van der Waals surface area contributed by atoms with Gasteiger partial charge in [-0.25, -0.2) is 0 Å². The van der Waals surface area contributed by atoms with Gasteiger partial charge in [0.25, 0.3) is 0 Å². The molecule has 2 heteroatoms. The predicted octanol–water partition coefficient (Wildman–Crippen LogP) is 4.78. The number of hydrogen-bond donors (Lipinski definition) is 1. The van der Waals surface area contributed by atoms with Crippen LogP contribution in [0.5, 0.6) is 0 Å². The number of aliphatic hydroxyl groups is 1. The molecule has 4 aliphatic carbocycles. The largest absolute Gasteiger partial charge is 0.388 e. The molecule has 3 unspecified atom stereocenters. The Morgan fingerprint density at radius 2 is 1.84 bits per heavy atom. The third-order valence-electron chi connectivity index (χ3n) is 6.11. The minimum Gasteiger partial charge on any atom is -0.388 e. The summed E-state index contributed by atoms with van der Waals surface area (Å²) in [5.74, 6) is 0.861. The maximum atomic E-state index is 11.0. The fourth-order valence-corrected chi connectivity index (χ4v) is 7.30. The molecule has 4 bridgehead atoms. The monoisotopic (exact) mass is 276 g/mol. The van der Waals surface area contributed by atoms with Gasteiger partial charge in [0, 0.05) is 5.41 Å². The van der Waals surface area contributed by atoms with E-state index in [-0.39, 0.29) is 11.5 Å². The van der Waals surface area contributed by atoms with Gasteiger partial charge in [-0.05, 0) is 77.7 Å². The molecule has 5 rings (SSSR count). The third kappa shape index (κ3) is 1.76. The molecule has 1 nitrogen and oxygen atoms in total. The SMILES string of the molecule is CC12CC3CC(C)(C1)CC(C(O)c1ccsc1)(C3)C2. The van der Waals surface area contributed by atoms with Crippen molar-refractivity contribution in [3.8, 4) is 0 Å². The van der Waals surface area contributed by atoms with Crippen LogP contribution < -0.4 is 0 Å². The van der Waals surface area contributed by atoms with Crippen molar-refractivity contribution in [3.63, 3.8) is 0 Å². The Bertz CT molecular complexity index is 473. The summed E-state index contributed by atoms with van der Waals surface area (Å²) < 4.78 is 0. The van der Waals surface area contributed by atoms with E-state index in [1.165, 1.54) is 44.1 Å². The summed E-state index contributed by atoms with van der Waals surface area (Å²) in [5, 5.41) is 15.3. The second-order valence-corrected chi connectivity index (χ2v) is 9.23. The van der Waals surface area contributed by atoms with Gasteiger partial charge in [0.2, 0.25) is 0 Å². The van der Waals surface area contributed by atoms with Crippen molar-refractivity contribution < 1.29 is 5.11 Å². The van der Waals surface area contributed by atoms with E-state index in [2.05, 4.69) is 30.7 Å². The Balaban J connectivity index is 1.75. The lowest BCUT2D eigenvalue weighted by atomic mass is 9.39. The first-order valence-corrected chi connectivity index (χ1v) is 8.57. The lowest BCUT2D eigenvalue weighted by molar-refractivity contribution is -0.187. The van der Waals surface area contributed by atoms with E-state index in [1.807, 2.05) is 0 Å². The summed E-state index contributed by atoms with van der Waals surface area (Å²) in [6, 6.07) is 2.12. The Morgan fingerprint density at radius 1 is 1.16 bits per heavy atom. The van der Waals surface area contributed by atoms with Gasteiger partial charge < -0.3 is 5.11 Å². The van der Waals surface area contributed by atoms with Gasteiger partial charge in [0.15, 0.2) is 0 Å². The van der Waals surface area contributed by atoms with Gasteiger partial charge >= 0.3 is 0 Å². The average molecular weight is 276 g/mol. The van der Waals surface area contributed by atoms with Gasteiger partial charge in [0.1, 0.15) is 0 Å². The molecule has 1 N–H and O–H groups in total. The van der Waals surface area contributed by atoms with Crippen LogP contribution in [0.3, 0.4) is 0 Å². The van der Waals surface area contributed by atoms with Gasteiger partial charge in [0.05, 0.1) is 6.10 Å². The fraction of sp³-hybridized carbons (Fsp3) is 0.765. The standard InChI is InChI=1S/C17H24OS/c1-15-5-12-6-16(2,9-15)11-17(7-12,10-15)14(18)13-3-4-19-8-13/h3-4,8,12,14,18H,5-7,9-11H2,1-2H3. The number of hydrogen-bond acceptors (Lipinski definition) is 2. The van der Waals surface area contributed by atoms with Crippen molar-refractivity contribution in [2.45, 2.75) is 58.5 Å². The van der Waals surface area contributed by atoms with Gasteiger partial charge in [-0.15, -0.1) is 0 Å². The van der Waals surface area contributed by atoms with Crippen LogP contribution in [0.25, 0.3) is 0 Å². The van der Waals surface area contributed by atoms with Crippen LogP contribution in [0.1, 0.15) is 64.0 Å². The van der Waals surface area contributed by atoms with Crippen LogP contribution in [0, 0.1) is 22.2 Å². The summed E-state index contributed by atoms with van der Waals surface area (Å²) in [6.45, 7) is 4.95. The fourth-order valence-electron chi connectivity index (χ4n) is 6.63. The Morgan fingerprint density at radius 3 is 2.37 bits per heavy atom. The van der Waals surface area contributed by atoms with Gasteiger partial charge in [-0.3, -0.25) is 0 Å². The molecule has 0 aromatic carbocycles. The first-order valence-electron chi connectivity index (χ1n) is 7.62. The quantitative estimate of drug-likeness (QED) is 0.824. The van der Waals surface area contributed by atoms with E-state index in [0.29, 0.717) is 10.8 Å². The molecule has 0 amide bonds. The molecule has 3 atom stereocenters. The highest BCUT2D eigenvalue weighted by atomic mass is 32.1. The average Bonchev–Trinajstić information content (AvgIpc) is 2.75. The van der Waals surface area contributed by atoms with Crippen LogP contribution >= 0.6 is 11.3 Å². The zero-order chi connectivity index (χ0) is 13.3. The minimum absolute atomic E-state index is 0.171. The first kappa shape index (κ1) is 12.4. The Labute approximate surface area is 120 Å². The Kier molecular flexibility index (Phi) is 2.38. The summed E-state index contributed by atoms with van der Waals surface area (Å²) in [4.78, 5) is 0. The smallest absolute Gasteiger partial charge is 0.0854 e. The molecule has 0 aliphatic heterocycles. The molecular formula is C17H24OS. The first-order chi connectivity index (χ1) is 8.92. The summed E-state index contributed by atoms with van der Waals surface area (Å²) in [5.41, 5.74) is 2.32. The summed E-state index contributed by atoms with van der Waals surface area (Å²) >= 11 is 1.71. The predicted molar refractivity (Wildman–Crippen MR) is 79.1 cm³/mol. The lowest BCUT2D eigenvalue weighted by Gasteiger charge is -2.66. The molecule has 0 radical (unpaired) electrons. The lowest BCUT2D eigenvalue weighted by Crippen LogP contribution is -2.56. The normalized spacial score (nSPS) is 49.5. The van der Waals surface area contributed by atoms with E-state index >= 15 is 0 Å². The summed E-state index contributed by atoms with van der Waals surface area (Å²) in [7, 11) is 0. The highest BCUT2D eigenvalue weighted by molar-refractivity contribution is 7.07. The van der Waals surface area contributed by atoms with Crippen LogP contribution in [0.4, 0.5) is 0 Å². The van der Waals surface area contributed by atoms with Gasteiger partial charge in [-0.2, -0.15) is 11.3 Å².